The zero-order valence-electron chi connectivity index (χ0n) is 39.1. The van der Waals surface area contributed by atoms with Gasteiger partial charge in [0.05, 0.1) is 24.6 Å². The summed E-state index contributed by atoms with van der Waals surface area (Å²) in [6, 6.07) is 22.1. The number of halogens is 1. The van der Waals surface area contributed by atoms with Crippen molar-refractivity contribution >= 4 is 51.5 Å². The molecule has 0 saturated carbocycles. The number of nitrogens with zero attached hydrogens (tertiary/aromatic N) is 5. The molecule has 2 N–H and O–H groups in total. The quantitative estimate of drug-likeness (QED) is 0.142. The van der Waals surface area contributed by atoms with E-state index in [1.54, 1.807) is 57.9 Å². The van der Waals surface area contributed by atoms with Crippen LogP contribution in [0.5, 0.6) is 17.2 Å². The molecule has 1 saturated heterocycles. The van der Waals surface area contributed by atoms with E-state index in [-0.39, 0.29) is 24.1 Å². The number of methoxy groups -OCH3 is 1. The highest BCUT2D eigenvalue weighted by atomic mass is 35.5. The van der Waals surface area contributed by atoms with Crippen LogP contribution in [0.15, 0.2) is 72.8 Å². The lowest BCUT2D eigenvalue weighted by Crippen LogP contribution is -2.51. The van der Waals surface area contributed by atoms with E-state index < -0.39 is 6.29 Å². The first-order valence-electron chi connectivity index (χ1n) is 24.5. The minimum atomic E-state index is -1.78. The highest BCUT2D eigenvalue weighted by Gasteiger charge is 2.37. The van der Waals surface area contributed by atoms with Gasteiger partial charge in [0.1, 0.15) is 30.3 Å². The lowest BCUT2D eigenvalue weighted by molar-refractivity contribution is -0.131. The SMILES string of the molecule is COc1ccc2c(c1)c(CC(=O)N1CCN(C(=O)c3ccc(C(O)O)c(C4=c5cc6c7c(c5Oc5c4cc4c8c5CCCN8CCC4)CCC[N+]=7CCC6)c3)CC1)c(C)n2C(=O)c1ccc(Cl)cc1. The first kappa shape index (κ1) is 43.8. The number of fused-ring (bicyclic) bond motifs is 5. The van der Waals surface area contributed by atoms with Crippen molar-refractivity contribution in [3.63, 3.8) is 0 Å². The molecule has 0 radical (unpaired) electrons. The van der Waals surface area contributed by atoms with Gasteiger partial charge < -0.3 is 34.4 Å². The normalized spacial score (nSPS) is 17.0. The monoisotopic (exact) mass is 944 g/mol. The van der Waals surface area contributed by atoms with Gasteiger partial charge in [-0.1, -0.05) is 17.7 Å². The molecule has 0 spiro atoms. The van der Waals surface area contributed by atoms with Gasteiger partial charge in [-0.3, -0.25) is 19.0 Å². The van der Waals surface area contributed by atoms with Gasteiger partial charge in [-0.25, -0.2) is 4.58 Å². The van der Waals surface area contributed by atoms with Crippen LogP contribution < -0.4 is 29.5 Å². The van der Waals surface area contributed by atoms with Crippen LogP contribution in [0, 0.1) is 6.92 Å². The van der Waals surface area contributed by atoms with Crippen molar-refractivity contribution in [3.8, 4) is 17.2 Å². The molecule has 0 bridgehead atoms. The molecule has 6 aliphatic heterocycles. The fraction of sp³-hybridized carbons (Fsp3) is 0.357. The van der Waals surface area contributed by atoms with E-state index >= 15 is 0 Å². The molecule has 6 aliphatic rings. The first-order valence-corrected chi connectivity index (χ1v) is 24.9. The molecule has 7 heterocycles. The molecule has 1 fully saturated rings. The van der Waals surface area contributed by atoms with Crippen molar-refractivity contribution in [2.75, 3.05) is 64.4 Å². The number of hydrogen-bond acceptors (Lipinski definition) is 8. The molecule has 69 heavy (non-hydrogen) atoms. The molecule has 1 aromatic heterocycles. The summed E-state index contributed by atoms with van der Waals surface area (Å²) in [5.74, 6) is 1.82. The third-order valence-electron chi connectivity index (χ3n) is 15.6. The molecule has 12 rings (SSSR count). The van der Waals surface area contributed by atoms with Crippen LogP contribution in [0.2, 0.25) is 5.02 Å². The topological polar surface area (TPSA) is 128 Å². The third kappa shape index (κ3) is 7.24. The Labute approximate surface area is 405 Å². The Bertz CT molecular complexity index is 3310. The Balaban J connectivity index is 0.879. The van der Waals surface area contributed by atoms with Crippen molar-refractivity contribution < 1.29 is 34.1 Å². The minimum Gasteiger partial charge on any atom is -0.497 e. The maximum atomic E-state index is 14.7. The summed E-state index contributed by atoms with van der Waals surface area (Å²) >= 11 is 6.14. The van der Waals surface area contributed by atoms with Crippen LogP contribution in [0.4, 0.5) is 5.69 Å². The van der Waals surface area contributed by atoms with Crippen molar-refractivity contribution in [2.45, 2.75) is 71.0 Å². The summed E-state index contributed by atoms with van der Waals surface area (Å²) in [4.78, 5) is 48.9. The van der Waals surface area contributed by atoms with E-state index in [2.05, 4.69) is 21.6 Å². The van der Waals surface area contributed by atoms with Gasteiger partial charge in [0, 0.05) is 118 Å². The summed E-state index contributed by atoms with van der Waals surface area (Å²) in [5, 5.41) is 25.7. The van der Waals surface area contributed by atoms with Gasteiger partial charge in [-0.05, 0) is 129 Å². The number of benzene rings is 5. The number of aromatic nitrogens is 1. The second-order valence-corrected chi connectivity index (χ2v) is 19.9. The smallest absolute Gasteiger partial charge is 0.262 e. The number of amides is 2. The van der Waals surface area contributed by atoms with E-state index in [9.17, 15) is 24.6 Å². The van der Waals surface area contributed by atoms with Gasteiger partial charge in [-0.15, -0.1) is 0 Å². The number of rotatable bonds is 7. The summed E-state index contributed by atoms with van der Waals surface area (Å²) < 4.78 is 17.0. The highest BCUT2D eigenvalue weighted by molar-refractivity contribution is 6.30. The number of carbonyl (C=O) groups is 3. The summed E-state index contributed by atoms with van der Waals surface area (Å²) in [6.07, 6.45) is 6.22. The number of aliphatic hydroxyl groups is 2. The van der Waals surface area contributed by atoms with E-state index in [1.807, 2.05) is 31.2 Å². The second kappa shape index (κ2) is 17.2. The molecule has 0 aliphatic carbocycles. The molecule has 0 unspecified atom stereocenters. The van der Waals surface area contributed by atoms with E-state index in [0.717, 1.165) is 116 Å². The van der Waals surface area contributed by atoms with Crippen LogP contribution in [0.25, 0.3) is 16.5 Å². The van der Waals surface area contributed by atoms with Crippen LogP contribution in [-0.2, 0) is 36.9 Å². The van der Waals surface area contributed by atoms with Crippen LogP contribution in [0.1, 0.15) is 103 Å². The Hall–Kier alpha value is -6.47. The molecule has 12 nitrogen and oxygen atoms in total. The Kier molecular flexibility index (Phi) is 10.9. The number of aliphatic hydroxyl groups excluding tert-OH is 1. The Morgan fingerprint density at radius 2 is 1.45 bits per heavy atom. The predicted octanol–water partition coefficient (Wildman–Crippen LogP) is 6.25. The molecule has 2 amide bonds. The lowest BCUT2D eigenvalue weighted by Gasteiger charge is -2.39. The zero-order chi connectivity index (χ0) is 47.2. The molecule has 5 aromatic carbocycles. The number of aryl methyl sites for hydroxylation is 2. The van der Waals surface area contributed by atoms with Gasteiger partial charge in [0.25, 0.3) is 11.8 Å². The average molecular weight is 946 g/mol. The van der Waals surface area contributed by atoms with Crippen LogP contribution >= 0.6 is 11.6 Å². The third-order valence-corrected chi connectivity index (χ3v) is 15.9. The van der Waals surface area contributed by atoms with Crippen molar-refractivity contribution in [3.05, 3.63) is 150 Å². The number of piperazine rings is 1. The molecule has 13 heteroatoms. The van der Waals surface area contributed by atoms with Crippen molar-refractivity contribution in [1.82, 2.24) is 18.9 Å². The molecule has 6 aromatic rings. The van der Waals surface area contributed by atoms with Crippen molar-refractivity contribution in [2.24, 2.45) is 0 Å². The van der Waals surface area contributed by atoms with E-state index in [0.29, 0.717) is 70.4 Å². The Morgan fingerprint density at radius 3 is 2.22 bits per heavy atom. The fourth-order valence-electron chi connectivity index (χ4n) is 12.3. The van der Waals surface area contributed by atoms with Crippen LogP contribution in [0.3, 0.4) is 0 Å². The first-order chi connectivity index (χ1) is 33.6. The second-order valence-electron chi connectivity index (χ2n) is 19.5. The standard InChI is InChI=1S/C56H55ClN5O7/c1-32-42(43-30-38(68-2)16-18-47(43)62(32)55(65)33-11-14-37(57)15-12-33)31-48(63)58-23-25-61(26-24-58)54(64)36-13-17-39(56(66)67)44(29-36)49-45-27-34-7-3-19-59-21-5-9-40(50(34)59)52(45)69-53-41-10-6-22-60-20-4-8-35(51(41)60)28-46(49)53/h11-18,27-30,56,66-67H,3-10,19-26,31H2,1-2H3/q+1. The van der Waals surface area contributed by atoms with E-state index in [4.69, 9.17) is 21.1 Å². The summed E-state index contributed by atoms with van der Waals surface area (Å²) in [5.41, 5.74) is 12.1. The summed E-state index contributed by atoms with van der Waals surface area (Å²) in [7, 11) is 1.59. The minimum absolute atomic E-state index is 0.0653. The van der Waals surface area contributed by atoms with Gasteiger partial charge in [-0.2, -0.15) is 0 Å². The maximum Gasteiger partial charge on any atom is 0.262 e. The molecule has 352 valence electrons. The number of anilines is 1. The van der Waals surface area contributed by atoms with Gasteiger partial charge in [0.15, 0.2) is 6.29 Å². The fourth-order valence-corrected chi connectivity index (χ4v) is 12.5. The van der Waals surface area contributed by atoms with Gasteiger partial charge >= 0.3 is 0 Å². The predicted molar refractivity (Wildman–Crippen MR) is 265 cm³/mol. The number of hydrogen-bond donors (Lipinski definition) is 2. The van der Waals surface area contributed by atoms with Crippen LogP contribution in [-0.4, -0.2) is 102 Å². The largest absolute Gasteiger partial charge is 0.497 e. The molecule has 0 atom stereocenters. The zero-order valence-corrected chi connectivity index (χ0v) is 39.8. The Morgan fingerprint density at radius 1 is 0.739 bits per heavy atom. The van der Waals surface area contributed by atoms with Gasteiger partial charge in [0.2, 0.25) is 11.3 Å². The number of carbonyl (C=O) groups excluding carboxylic acids is 3. The summed E-state index contributed by atoms with van der Waals surface area (Å²) in [6.45, 7) is 7.29. The average Bonchev–Trinajstić information content (AvgIpc) is 3.64. The molecular weight excluding hydrogens is 890 g/mol. The lowest BCUT2D eigenvalue weighted by atomic mass is 9.81. The van der Waals surface area contributed by atoms with E-state index in [1.165, 1.54) is 33.3 Å². The van der Waals surface area contributed by atoms with Crippen molar-refractivity contribution in [1.29, 1.82) is 0 Å². The molecular formula is C56H55ClN5O7+. The highest BCUT2D eigenvalue weighted by Crippen LogP contribution is 2.49. The maximum absolute atomic E-state index is 14.7. The number of ether oxygens (including phenoxy) is 2.